The van der Waals surface area contributed by atoms with Crippen molar-refractivity contribution in [2.45, 2.75) is 6.42 Å². The first kappa shape index (κ1) is 16.4. The van der Waals surface area contributed by atoms with E-state index in [2.05, 4.69) is 39.6 Å². The molecule has 1 N–H and O–H groups in total. The average molecular weight is 346 g/mol. The Balaban J connectivity index is 1.38. The van der Waals surface area contributed by atoms with E-state index in [9.17, 15) is 4.79 Å². The number of hydrogen-bond donors (Lipinski definition) is 1. The van der Waals surface area contributed by atoms with Gasteiger partial charge in [-0.1, -0.05) is 30.3 Å². The Kier molecular flexibility index (Phi) is 4.69. The molecule has 1 amide bonds. The molecule has 1 saturated heterocycles. The molecule has 2 heterocycles. The van der Waals surface area contributed by atoms with Crippen LogP contribution in [0.2, 0.25) is 0 Å². The number of nitrogens with zero attached hydrogens (tertiary/aromatic N) is 3. The molecule has 4 rings (SSSR count). The Hall–Kier alpha value is -3.08. The molecule has 1 fully saturated rings. The summed E-state index contributed by atoms with van der Waals surface area (Å²) >= 11 is 0. The second kappa shape index (κ2) is 7.44. The molecular weight excluding hydrogens is 324 g/mol. The molecule has 5 nitrogen and oxygen atoms in total. The highest BCUT2D eigenvalue weighted by molar-refractivity contribution is 5.97. The van der Waals surface area contributed by atoms with Gasteiger partial charge >= 0.3 is 0 Å². The largest absolute Gasteiger partial charge is 0.371 e. The summed E-state index contributed by atoms with van der Waals surface area (Å²) in [6.45, 7) is 2.70. The van der Waals surface area contributed by atoms with E-state index in [0.29, 0.717) is 18.0 Å². The molecule has 2 aromatic carbocycles. The van der Waals surface area contributed by atoms with Crippen LogP contribution < -0.4 is 10.2 Å². The topological polar surface area (TPSA) is 50.2 Å². The lowest BCUT2D eigenvalue weighted by Crippen LogP contribution is -2.31. The predicted octanol–water partition coefficient (Wildman–Crippen LogP) is 3.13. The van der Waals surface area contributed by atoms with Gasteiger partial charge in [-0.15, -0.1) is 0 Å². The van der Waals surface area contributed by atoms with E-state index in [1.165, 1.54) is 5.69 Å². The molecule has 1 aromatic heterocycles. The summed E-state index contributed by atoms with van der Waals surface area (Å²) < 4.78 is 1.72. The fourth-order valence-electron chi connectivity index (χ4n) is 3.48. The summed E-state index contributed by atoms with van der Waals surface area (Å²) in [5, 5.41) is 7.35. The Bertz CT molecular complexity index is 861. The van der Waals surface area contributed by atoms with Gasteiger partial charge in [-0.3, -0.25) is 4.79 Å². The van der Waals surface area contributed by atoms with E-state index < -0.39 is 0 Å². The number of rotatable bonds is 5. The second-order valence-corrected chi connectivity index (χ2v) is 6.61. The highest BCUT2D eigenvalue weighted by Gasteiger charge is 2.23. The van der Waals surface area contributed by atoms with Gasteiger partial charge in [0.1, 0.15) is 0 Å². The number of hydrogen-bond acceptors (Lipinski definition) is 3. The van der Waals surface area contributed by atoms with Crippen LogP contribution in [0.1, 0.15) is 16.8 Å². The van der Waals surface area contributed by atoms with E-state index >= 15 is 0 Å². The number of amides is 1. The van der Waals surface area contributed by atoms with E-state index in [1.807, 2.05) is 42.6 Å². The van der Waals surface area contributed by atoms with Crippen molar-refractivity contribution >= 4 is 11.6 Å². The van der Waals surface area contributed by atoms with Gasteiger partial charge in [-0.25, -0.2) is 4.68 Å². The first-order chi connectivity index (χ1) is 12.8. The summed E-state index contributed by atoms with van der Waals surface area (Å²) in [6, 6.07) is 19.9. The van der Waals surface area contributed by atoms with Crippen molar-refractivity contribution < 1.29 is 4.79 Å². The summed E-state index contributed by atoms with van der Waals surface area (Å²) in [4.78, 5) is 15.1. The van der Waals surface area contributed by atoms with Gasteiger partial charge in [0.25, 0.3) is 5.91 Å². The number of carbonyl (C=O) groups excluding carboxylic acids is 1. The molecule has 0 bridgehead atoms. The van der Waals surface area contributed by atoms with Crippen LogP contribution in [-0.2, 0) is 0 Å². The SMILES string of the molecule is O=C(NCC1CCN(c2ccccc2)C1)c1ccccc1-n1cccn1. The van der Waals surface area contributed by atoms with E-state index in [0.717, 1.165) is 25.2 Å². The Morgan fingerprint density at radius 2 is 1.88 bits per heavy atom. The van der Waals surface area contributed by atoms with Crippen molar-refractivity contribution in [1.29, 1.82) is 0 Å². The van der Waals surface area contributed by atoms with Gasteiger partial charge in [0.05, 0.1) is 11.3 Å². The first-order valence-electron chi connectivity index (χ1n) is 8.98. The van der Waals surface area contributed by atoms with Gasteiger partial charge < -0.3 is 10.2 Å². The molecule has 1 atom stereocenters. The number of anilines is 1. The molecule has 1 unspecified atom stereocenters. The van der Waals surface area contributed by atoms with E-state index in [4.69, 9.17) is 0 Å². The summed E-state index contributed by atoms with van der Waals surface area (Å²) in [7, 11) is 0. The zero-order valence-electron chi connectivity index (χ0n) is 14.6. The van der Waals surface area contributed by atoms with E-state index in [1.54, 1.807) is 10.9 Å². The fraction of sp³-hybridized carbons (Fsp3) is 0.238. The molecule has 0 spiro atoms. The van der Waals surface area contributed by atoms with Crippen LogP contribution in [0.15, 0.2) is 73.1 Å². The van der Waals surface area contributed by atoms with Gasteiger partial charge in [-0.05, 0) is 42.7 Å². The third kappa shape index (κ3) is 3.47. The maximum Gasteiger partial charge on any atom is 0.253 e. The molecule has 1 aliphatic heterocycles. The lowest BCUT2D eigenvalue weighted by Gasteiger charge is -2.19. The quantitative estimate of drug-likeness (QED) is 0.772. The number of para-hydroxylation sites is 2. The van der Waals surface area contributed by atoms with Crippen LogP contribution in [0.4, 0.5) is 5.69 Å². The van der Waals surface area contributed by atoms with Crippen molar-refractivity contribution in [3.05, 3.63) is 78.6 Å². The predicted molar refractivity (Wildman–Crippen MR) is 103 cm³/mol. The van der Waals surface area contributed by atoms with Crippen molar-refractivity contribution in [3.63, 3.8) is 0 Å². The highest BCUT2D eigenvalue weighted by Crippen LogP contribution is 2.23. The number of carbonyl (C=O) groups is 1. The third-order valence-electron chi connectivity index (χ3n) is 4.86. The fourth-order valence-corrected chi connectivity index (χ4v) is 3.48. The van der Waals surface area contributed by atoms with Crippen molar-refractivity contribution in [1.82, 2.24) is 15.1 Å². The molecule has 5 heteroatoms. The molecule has 0 aliphatic carbocycles. The lowest BCUT2D eigenvalue weighted by molar-refractivity contribution is 0.0948. The molecule has 3 aromatic rings. The number of aromatic nitrogens is 2. The van der Waals surface area contributed by atoms with Crippen LogP contribution in [0.5, 0.6) is 0 Å². The minimum absolute atomic E-state index is 0.0470. The van der Waals surface area contributed by atoms with Gasteiger partial charge in [0, 0.05) is 37.7 Å². The molecule has 26 heavy (non-hydrogen) atoms. The molecule has 0 radical (unpaired) electrons. The summed E-state index contributed by atoms with van der Waals surface area (Å²) in [5.74, 6) is 0.422. The van der Waals surface area contributed by atoms with Crippen LogP contribution in [0.3, 0.4) is 0 Å². The number of nitrogens with one attached hydrogen (secondary N) is 1. The average Bonchev–Trinajstić information content (AvgIpc) is 3.39. The minimum atomic E-state index is -0.0470. The van der Waals surface area contributed by atoms with Gasteiger partial charge in [0.2, 0.25) is 0 Å². The molecule has 0 saturated carbocycles. The first-order valence-corrected chi connectivity index (χ1v) is 8.98. The van der Waals surface area contributed by atoms with E-state index in [-0.39, 0.29) is 5.91 Å². The van der Waals surface area contributed by atoms with Crippen molar-refractivity contribution in [3.8, 4) is 5.69 Å². The van der Waals surface area contributed by atoms with Crippen molar-refractivity contribution in [2.24, 2.45) is 5.92 Å². The standard InChI is InChI=1S/C21H22N4O/c26-21(19-9-4-5-10-20(19)25-13-6-12-23-25)22-15-17-11-14-24(16-17)18-7-2-1-3-8-18/h1-10,12-13,17H,11,14-16H2,(H,22,26). The minimum Gasteiger partial charge on any atom is -0.371 e. The zero-order chi connectivity index (χ0) is 17.8. The monoisotopic (exact) mass is 346 g/mol. The Morgan fingerprint density at radius 1 is 1.08 bits per heavy atom. The Morgan fingerprint density at radius 3 is 2.69 bits per heavy atom. The van der Waals surface area contributed by atoms with Crippen molar-refractivity contribution in [2.75, 3.05) is 24.5 Å². The van der Waals surface area contributed by atoms with Crippen LogP contribution >= 0.6 is 0 Å². The summed E-state index contributed by atoms with van der Waals surface area (Å²) in [6.07, 6.45) is 4.65. The third-order valence-corrected chi connectivity index (χ3v) is 4.86. The highest BCUT2D eigenvalue weighted by atomic mass is 16.1. The van der Waals surface area contributed by atoms with Crippen LogP contribution in [0, 0.1) is 5.92 Å². The smallest absolute Gasteiger partial charge is 0.253 e. The number of benzene rings is 2. The maximum absolute atomic E-state index is 12.7. The second-order valence-electron chi connectivity index (χ2n) is 6.61. The molecule has 1 aliphatic rings. The normalized spacial score (nSPS) is 16.6. The van der Waals surface area contributed by atoms with Crippen LogP contribution in [-0.4, -0.2) is 35.3 Å². The van der Waals surface area contributed by atoms with Gasteiger partial charge in [0.15, 0.2) is 0 Å². The lowest BCUT2D eigenvalue weighted by atomic mass is 10.1. The molecular formula is C21H22N4O. The Labute approximate surface area is 153 Å². The molecule has 132 valence electrons. The maximum atomic E-state index is 12.7. The van der Waals surface area contributed by atoms with Gasteiger partial charge in [-0.2, -0.15) is 5.10 Å². The zero-order valence-corrected chi connectivity index (χ0v) is 14.6. The van der Waals surface area contributed by atoms with Crippen LogP contribution in [0.25, 0.3) is 5.69 Å². The summed E-state index contributed by atoms with van der Waals surface area (Å²) in [5.41, 5.74) is 2.70.